The third kappa shape index (κ3) is 3.07. The van der Waals surface area contributed by atoms with Crippen LogP contribution >= 0.6 is 0 Å². The van der Waals surface area contributed by atoms with E-state index in [1.165, 1.54) is 30.5 Å². The zero-order valence-corrected chi connectivity index (χ0v) is 11.9. The number of hydrogen-bond donors (Lipinski definition) is 1. The number of anilines is 1. The molecular formula is C15H22N2O2. The van der Waals surface area contributed by atoms with Crippen molar-refractivity contribution in [3.63, 3.8) is 0 Å². The zero-order chi connectivity index (χ0) is 13.8. The Kier molecular flexibility index (Phi) is 4.43. The van der Waals surface area contributed by atoms with Gasteiger partial charge in [0.1, 0.15) is 5.75 Å². The summed E-state index contributed by atoms with van der Waals surface area (Å²) in [6.07, 6.45) is 3.14. The largest absolute Gasteiger partial charge is 0.495 e. The number of ether oxygens (including phenoxy) is 1. The van der Waals surface area contributed by atoms with Gasteiger partial charge in [-0.25, -0.2) is 0 Å². The normalized spacial score (nSPS) is 20.1. The van der Waals surface area contributed by atoms with Gasteiger partial charge >= 0.3 is 0 Å². The zero-order valence-electron chi connectivity index (χ0n) is 11.9. The van der Waals surface area contributed by atoms with Crippen molar-refractivity contribution in [1.82, 2.24) is 4.90 Å². The Labute approximate surface area is 114 Å². The molecule has 0 saturated carbocycles. The number of rotatable bonds is 4. The van der Waals surface area contributed by atoms with Crippen LogP contribution < -0.4 is 10.1 Å². The maximum Gasteiger partial charge on any atom is 0.211 e. The van der Waals surface area contributed by atoms with Crippen molar-refractivity contribution >= 4 is 12.1 Å². The van der Waals surface area contributed by atoms with Gasteiger partial charge in [0.05, 0.1) is 12.8 Å². The molecule has 1 aromatic carbocycles. The summed E-state index contributed by atoms with van der Waals surface area (Å²) in [5, 5.41) is 2.69. The molecule has 0 radical (unpaired) electrons. The number of carbonyl (C=O) groups excluding carboxylic acids is 1. The van der Waals surface area contributed by atoms with Gasteiger partial charge in [-0.2, -0.15) is 0 Å². The van der Waals surface area contributed by atoms with E-state index < -0.39 is 0 Å². The number of carbonyl (C=O) groups is 1. The van der Waals surface area contributed by atoms with Crippen LogP contribution in [0.3, 0.4) is 0 Å². The summed E-state index contributed by atoms with van der Waals surface area (Å²) in [7, 11) is 3.80. The van der Waals surface area contributed by atoms with Gasteiger partial charge in [-0.1, -0.05) is 0 Å². The standard InChI is InChI=1S/C15H22N2O2/c1-11-7-14(16-10-18)15(19-3)8-13(11)12-5-4-6-17(2)9-12/h7-8,10,12H,4-6,9H2,1-3H3,(H,16,18)/t12-/m1/s1. The average Bonchev–Trinajstić information content (AvgIpc) is 2.39. The molecule has 0 spiro atoms. The topological polar surface area (TPSA) is 41.6 Å². The molecule has 104 valence electrons. The second-order valence-corrected chi connectivity index (χ2v) is 5.27. The van der Waals surface area contributed by atoms with Gasteiger partial charge in [0.15, 0.2) is 0 Å². The molecule has 1 fully saturated rings. The maximum absolute atomic E-state index is 10.6. The van der Waals surface area contributed by atoms with Crippen LogP contribution in [0.5, 0.6) is 5.75 Å². The third-order valence-corrected chi connectivity index (χ3v) is 3.87. The molecule has 1 saturated heterocycles. The highest BCUT2D eigenvalue weighted by molar-refractivity contribution is 5.76. The molecule has 4 nitrogen and oxygen atoms in total. The predicted molar refractivity (Wildman–Crippen MR) is 76.9 cm³/mol. The lowest BCUT2D eigenvalue weighted by molar-refractivity contribution is -0.105. The summed E-state index contributed by atoms with van der Waals surface area (Å²) in [6.45, 7) is 4.36. The van der Waals surface area contributed by atoms with Crippen molar-refractivity contribution < 1.29 is 9.53 Å². The highest BCUT2D eigenvalue weighted by Gasteiger charge is 2.21. The van der Waals surface area contributed by atoms with Crippen LogP contribution in [0, 0.1) is 6.92 Å². The fourth-order valence-electron chi connectivity index (χ4n) is 2.91. The molecule has 0 aliphatic carbocycles. The van der Waals surface area contributed by atoms with Crippen molar-refractivity contribution in [1.29, 1.82) is 0 Å². The lowest BCUT2D eigenvalue weighted by Crippen LogP contribution is -2.31. The summed E-state index contributed by atoms with van der Waals surface area (Å²) in [5.74, 6) is 1.29. The molecule has 1 aromatic rings. The van der Waals surface area contributed by atoms with Gasteiger partial charge in [-0.05, 0) is 62.5 Å². The van der Waals surface area contributed by atoms with Gasteiger partial charge in [0, 0.05) is 6.54 Å². The number of likely N-dealkylation sites (N-methyl/N-ethyl adjacent to an activating group) is 1. The number of nitrogens with zero attached hydrogens (tertiary/aromatic N) is 1. The molecule has 0 aromatic heterocycles. The van der Waals surface area contributed by atoms with Crippen LogP contribution in [0.4, 0.5) is 5.69 Å². The number of hydrogen-bond acceptors (Lipinski definition) is 3. The van der Waals surface area contributed by atoms with E-state index in [9.17, 15) is 4.79 Å². The molecule has 2 rings (SSSR count). The van der Waals surface area contributed by atoms with E-state index in [2.05, 4.69) is 30.3 Å². The second kappa shape index (κ2) is 6.06. The molecule has 0 unspecified atom stereocenters. The third-order valence-electron chi connectivity index (χ3n) is 3.87. The molecule has 1 N–H and O–H groups in total. The summed E-state index contributed by atoms with van der Waals surface area (Å²) >= 11 is 0. The molecule has 1 atom stereocenters. The van der Waals surface area contributed by atoms with Gasteiger partial charge in [-0.3, -0.25) is 4.79 Å². The first-order chi connectivity index (χ1) is 9.15. The number of nitrogens with one attached hydrogen (secondary N) is 1. The SMILES string of the molecule is COc1cc([C@@H]2CCCN(C)C2)c(C)cc1NC=O. The van der Waals surface area contributed by atoms with Crippen LogP contribution in [-0.4, -0.2) is 38.6 Å². The summed E-state index contributed by atoms with van der Waals surface area (Å²) in [5.41, 5.74) is 3.29. The molecule has 1 amide bonds. The Morgan fingerprint density at radius 3 is 2.89 bits per heavy atom. The lowest BCUT2D eigenvalue weighted by atomic mass is 9.87. The second-order valence-electron chi connectivity index (χ2n) is 5.27. The number of piperidine rings is 1. The van der Waals surface area contributed by atoms with Crippen molar-refractivity contribution in [2.75, 3.05) is 32.6 Å². The van der Waals surface area contributed by atoms with Crippen molar-refractivity contribution in [2.45, 2.75) is 25.7 Å². The Hall–Kier alpha value is -1.55. The molecule has 1 heterocycles. The fourth-order valence-corrected chi connectivity index (χ4v) is 2.91. The monoisotopic (exact) mass is 262 g/mol. The van der Waals surface area contributed by atoms with E-state index in [0.717, 1.165) is 18.0 Å². The van der Waals surface area contributed by atoms with Gasteiger partial charge in [-0.15, -0.1) is 0 Å². The van der Waals surface area contributed by atoms with E-state index in [-0.39, 0.29) is 0 Å². The Bertz CT molecular complexity index is 460. The van der Waals surface area contributed by atoms with Gasteiger partial charge in [0.2, 0.25) is 6.41 Å². The first-order valence-electron chi connectivity index (χ1n) is 6.73. The van der Waals surface area contributed by atoms with Crippen LogP contribution in [-0.2, 0) is 4.79 Å². The minimum atomic E-state index is 0.554. The van der Waals surface area contributed by atoms with Crippen LogP contribution in [0.1, 0.15) is 29.9 Å². The highest BCUT2D eigenvalue weighted by atomic mass is 16.5. The number of methoxy groups -OCH3 is 1. The van der Waals surface area contributed by atoms with Crippen LogP contribution in [0.25, 0.3) is 0 Å². The lowest BCUT2D eigenvalue weighted by Gasteiger charge is -2.31. The molecule has 1 aliphatic heterocycles. The minimum Gasteiger partial charge on any atom is -0.495 e. The highest BCUT2D eigenvalue weighted by Crippen LogP contribution is 2.35. The fraction of sp³-hybridized carbons (Fsp3) is 0.533. The Morgan fingerprint density at radius 1 is 1.47 bits per heavy atom. The first-order valence-corrected chi connectivity index (χ1v) is 6.73. The molecule has 19 heavy (non-hydrogen) atoms. The summed E-state index contributed by atoms with van der Waals surface area (Å²) < 4.78 is 5.38. The maximum atomic E-state index is 10.6. The van der Waals surface area contributed by atoms with E-state index in [1.54, 1.807) is 7.11 Å². The van der Waals surface area contributed by atoms with E-state index in [0.29, 0.717) is 12.3 Å². The predicted octanol–water partition coefficient (Wildman–Crippen LogP) is 2.38. The molecular weight excluding hydrogens is 240 g/mol. The number of benzene rings is 1. The minimum absolute atomic E-state index is 0.554. The van der Waals surface area contributed by atoms with E-state index in [4.69, 9.17) is 4.74 Å². The van der Waals surface area contributed by atoms with E-state index in [1.807, 2.05) is 6.07 Å². The van der Waals surface area contributed by atoms with Gasteiger partial charge in [0.25, 0.3) is 0 Å². The molecule has 0 bridgehead atoms. The number of aryl methyl sites for hydroxylation is 1. The van der Waals surface area contributed by atoms with Gasteiger partial charge < -0.3 is 15.0 Å². The first kappa shape index (κ1) is 13.9. The summed E-state index contributed by atoms with van der Waals surface area (Å²) in [6, 6.07) is 4.07. The van der Waals surface area contributed by atoms with Crippen LogP contribution in [0.2, 0.25) is 0 Å². The van der Waals surface area contributed by atoms with Crippen molar-refractivity contribution in [3.05, 3.63) is 23.3 Å². The average molecular weight is 262 g/mol. The summed E-state index contributed by atoms with van der Waals surface area (Å²) in [4.78, 5) is 13.0. The number of likely N-dealkylation sites (tertiary alicyclic amines) is 1. The number of amides is 1. The van der Waals surface area contributed by atoms with Crippen molar-refractivity contribution in [3.8, 4) is 5.75 Å². The van der Waals surface area contributed by atoms with E-state index >= 15 is 0 Å². The van der Waals surface area contributed by atoms with Crippen LogP contribution in [0.15, 0.2) is 12.1 Å². The quantitative estimate of drug-likeness (QED) is 0.847. The Balaban J connectivity index is 2.32. The smallest absolute Gasteiger partial charge is 0.211 e. The van der Waals surface area contributed by atoms with Crippen molar-refractivity contribution in [2.24, 2.45) is 0 Å². The Morgan fingerprint density at radius 2 is 2.26 bits per heavy atom. The molecule has 1 aliphatic rings. The molecule has 4 heteroatoms.